The van der Waals surface area contributed by atoms with E-state index in [0.717, 1.165) is 5.56 Å². The van der Waals surface area contributed by atoms with Crippen molar-refractivity contribution < 1.29 is 9.47 Å². The van der Waals surface area contributed by atoms with Gasteiger partial charge in [-0.15, -0.1) is 0 Å². The molecule has 0 saturated carbocycles. The largest absolute Gasteiger partial charge is 0.376 e. The molecule has 0 atom stereocenters. The Morgan fingerprint density at radius 3 is 2.25 bits per heavy atom. The first kappa shape index (κ1) is 13.2. The summed E-state index contributed by atoms with van der Waals surface area (Å²) in [6.45, 7) is 6.54. The molecule has 0 aliphatic carbocycles. The molecule has 0 aliphatic rings. The van der Waals surface area contributed by atoms with Gasteiger partial charge in [0.05, 0.1) is 25.9 Å². The Balaban J connectivity index is 2.16. The van der Waals surface area contributed by atoms with Gasteiger partial charge in [-0.1, -0.05) is 24.3 Å². The number of nitrogens with two attached hydrogens (primary N) is 1. The molecule has 0 aromatic heterocycles. The molecular weight excluding hydrogens is 202 g/mol. The van der Waals surface area contributed by atoms with Crippen molar-refractivity contribution in [2.24, 2.45) is 5.73 Å². The second kappa shape index (κ2) is 7.39. The maximum absolute atomic E-state index is 5.52. The molecule has 3 nitrogen and oxygen atoms in total. The number of hydrogen-bond donors (Lipinski definition) is 1. The molecule has 0 fully saturated rings. The molecule has 0 heterocycles. The lowest BCUT2D eigenvalue weighted by Crippen LogP contribution is -2.09. The van der Waals surface area contributed by atoms with E-state index in [4.69, 9.17) is 15.2 Å². The number of hydrogen-bond acceptors (Lipinski definition) is 3. The molecule has 3 heteroatoms. The molecule has 2 N–H and O–H groups in total. The highest BCUT2D eigenvalue weighted by molar-refractivity contribution is 5.21. The van der Waals surface area contributed by atoms with E-state index in [2.05, 4.69) is 0 Å². The van der Waals surface area contributed by atoms with Crippen LogP contribution in [0.1, 0.15) is 25.0 Å². The first-order chi connectivity index (χ1) is 7.72. The summed E-state index contributed by atoms with van der Waals surface area (Å²) < 4.78 is 10.9. The molecule has 90 valence electrons. The van der Waals surface area contributed by atoms with Crippen molar-refractivity contribution in [2.75, 3.05) is 13.2 Å². The summed E-state index contributed by atoms with van der Waals surface area (Å²) >= 11 is 0. The highest BCUT2D eigenvalue weighted by Gasteiger charge is 1.96. The van der Waals surface area contributed by atoms with Crippen molar-refractivity contribution in [3.05, 3.63) is 35.4 Å². The zero-order valence-corrected chi connectivity index (χ0v) is 10.1. The maximum atomic E-state index is 5.52. The SMILES string of the molecule is CC(C)OCCOCc1ccc(CN)cc1. The molecule has 0 amide bonds. The number of ether oxygens (including phenoxy) is 2. The molecule has 1 aromatic rings. The van der Waals surface area contributed by atoms with Gasteiger partial charge in [0.2, 0.25) is 0 Å². The van der Waals surface area contributed by atoms with E-state index < -0.39 is 0 Å². The van der Waals surface area contributed by atoms with Crippen LogP contribution in [-0.2, 0) is 22.6 Å². The van der Waals surface area contributed by atoms with Crippen LogP contribution in [-0.4, -0.2) is 19.3 Å². The Morgan fingerprint density at radius 1 is 1.06 bits per heavy atom. The van der Waals surface area contributed by atoms with Gasteiger partial charge < -0.3 is 15.2 Å². The van der Waals surface area contributed by atoms with Gasteiger partial charge in [-0.25, -0.2) is 0 Å². The number of rotatable bonds is 7. The Morgan fingerprint density at radius 2 is 1.69 bits per heavy atom. The third-order valence-corrected chi connectivity index (χ3v) is 2.21. The zero-order valence-electron chi connectivity index (χ0n) is 10.1. The summed E-state index contributed by atoms with van der Waals surface area (Å²) in [5.41, 5.74) is 7.83. The fraction of sp³-hybridized carbons (Fsp3) is 0.538. The Hall–Kier alpha value is -0.900. The molecule has 0 radical (unpaired) electrons. The summed E-state index contributed by atoms with van der Waals surface area (Å²) in [7, 11) is 0. The Bertz CT molecular complexity index is 282. The Labute approximate surface area is 97.6 Å². The van der Waals surface area contributed by atoms with Crippen LogP contribution in [0.4, 0.5) is 0 Å². The smallest absolute Gasteiger partial charge is 0.0718 e. The van der Waals surface area contributed by atoms with Crippen LogP contribution < -0.4 is 5.73 Å². The molecule has 1 rings (SSSR count). The van der Waals surface area contributed by atoms with Crippen molar-refractivity contribution in [1.29, 1.82) is 0 Å². The topological polar surface area (TPSA) is 44.5 Å². The van der Waals surface area contributed by atoms with Gasteiger partial charge >= 0.3 is 0 Å². The lowest BCUT2D eigenvalue weighted by molar-refractivity contribution is 0.0143. The molecule has 16 heavy (non-hydrogen) atoms. The van der Waals surface area contributed by atoms with Gasteiger partial charge in [-0.3, -0.25) is 0 Å². The van der Waals surface area contributed by atoms with Crippen molar-refractivity contribution in [2.45, 2.75) is 33.1 Å². The van der Waals surface area contributed by atoms with E-state index in [-0.39, 0.29) is 6.10 Å². The van der Waals surface area contributed by atoms with E-state index in [1.54, 1.807) is 0 Å². The lowest BCUT2D eigenvalue weighted by atomic mass is 10.1. The van der Waals surface area contributed by atoms with Crippen LogP contribution in [0.2, 0.25) is 0 Å². The van der Waals surface area contributed by atoms with E-state index in [0.29, 0.717) is 26.4 Å². The van der Waals surface area contributed by atoms with Gasteiger partial charge in [0.1, 0.15) is 0 Å². The van der Waals surface area contributed by atoms with Gasteiger partial charge in [0.25, 0.3) is 0 Å². The Kier molecular flexibility index (Phi) is 6.08. The highest BCUT2D eigenvalue weighted by Crippen LogP contribution is 2.05. The molecule has 0 unspecified atom stereocenters. The second-order valence-corrected chi connectivity index (χ2v) is 3.99. The fourth-order valence-corrected chi connectivity index (χ4v) is 1.30. The third-order valence-electron chi connectivity index (χ3n) is 2.21. The van der Waals surface area contributed by atoms with Crippen LogP contribution >= 0.6 is 0 Å². The fourth-order valence-electron chi connectivity index (χ4n) is 1.30. The molecule has 0 spiro atoms. The van der Waals surface area contributed by atoms with Crippen LogP contribution in [0.3, 0.4) is 0 Å². The average Bonchev–Trinajstić information content (AvgIpc) is 2.29. The van der Waals surface area contributed by atoms with Crippen LogP contribution in [0.15, 0.2) is 24.3 Å². The second-order valence-electron chi connectivity index (χ2n) is 3.99. The molecule has 0 aliphatic heterocycles. The first-order valence-corrected chi connectivity index (χ1v) is 5.69. The average molecular weight is 223 g/mol. The van der Waals surface area contributed by atoms with Crippen molar-refractivity contribution in [1.82, 2.24) is 0 Å². The monoisotopic (exact) mass is 223 g/mol. The molecule has 0 saturated heterocycles. The summed E-state index contributed by atoms with van der Waals surface area (Å²) in [5, 5.41) is 0. The minimum Gasteiger partial charge on any atom is -0.376 e. The van der Waals surface area contributed by atoms with Crippen LogP contribution in [0.25, 0.3) is 0 Å². The predicted octanol–water partition coefficient (Wildman–Crippen LogP) is 2.09. The first-order valence-electron chi connectivity index (χ1n) is 5.69. The summed E-state index contributed by atoms with van der Waals surface area (Å²) in [4.78, 5) is 0. The van der Waals surface area contributed by atoms with Gasteiger partial charge in [0, 0.05) is 6.54 Å². The van der Waals surface area contributed by atoms with Gasteiger partial charge in [-0.2, -0.15) is 0 Å². The van der Waals surface area contributed by atoms with Gasteiger partial charge in [-0.05, 0) is 25.0 Å². The van der Waals surface area contributed by atoms with E-state index >= 15 is 0 Å². The molecule has 0 bridgehead atoms. The summed E-state index contributed by atoms with van der Waals surface area (Å²) in [6, 6.07) is 8.16. The van der Waals surface area contributed by atoms with E-state index in [9.17, 15) is 0 Å². The lowest BCUT2D eigenvalue weighted by Gasteiger charge is -2.08. The quantitative estimate of drug-likeness (QED) is 0.720. The molecule has 1 aromatic carbocycles. The third kappa shape index (κ3) is 5.26. The summed E-state index contributed by atoms with van der Waals surface area (Å²) in [6.07, 6.45) is 0.271. The van der Waals surface area contributed by atoms with Gasteiger partial charge in [0.15, 0.2) is 0 Å². The van der Waals surface area contributed by atoms with Crippen molar-refractivity contribution >= 4 is 0 Å². The minimum atomic E-state index is 0.271. The zero-order chi connectivity index (χ0) is 11.8. The number of benzene rings is 1. The maximum Gasteiger partial charge on any atom is 0.0718 e. The van der Waals surface area contributed by atoms with Crippen LogP contribution in [0.5, 0.6) is 0 Å². The van der Waals surface area contributed by atoms with E-state index in [1.807, 2.05) is 38.1 Å². The normalized spacial score (nSPS) is 11.0. The van der Waals surface area contributed by atoms with E-state index in [1.165, 1.54) is 5.56 Å². The van der Waals surface area contributed by atoms with Crippen molar-refractivity contribution in [3.63, 3.8) is 0 Å². The predicted molar refractivity (Wildman–Crippen MR) is 65.1 cm³/mol. The summed E-state index contributed by atoms with van der Waals surface area (Å²) in [5.74, 6) is 0. The standard InChI is InChI=1S/C13H21NO2/c1-11(2)16-8-7-15-10-13-5-3-12(9-14)4-6-13/h3-6,11H,7-10,14H2,1-2H3. The van der Waals surface area contributed by atoms with Crippen molar-refractivity contribution in [3.8, 4) is 0 Å². The van der Waals surface area contributed by atoms with Crippen LogP contribution in [0, 0.1) is 0 Å². The minimum absolute atomic E-state index is 0.271. The molecular formula is C13H21NO2. The highest BCUT2D eigenvalue weighted by atomic mass is 16.5.